The van der Waals surface area contributed by atoms with Gasteiger partial charge in [-0.05, 0) is 59.8 Å². The van der Waals surface area contributed by atoms with Gasteiger partial charge >= 0.3 is 0 Å². The van der Waals surface area contributed by atoms with Crippen molar-refractivity contribution in [3.05, 3.63) is 41.1 Å². The molecule has 16 heavy (non-hydrogen) atoms. The van der Waals surface area contributed by atoms with Gasteiger partial charge in [-0.2, -0.15) is 0 Å². The predicted octanol–water partition coefficient (Wildman–Crippen LogP) is 4.71. The number of rotatable bonds is 7. The Morgan fingerprint density at radius 3 is 2.81 bits per heavy atom. The number of benzene rings is 1. The van der Waals surface area contributed by atoms with Crippen LogP contribution in [0, 0.1) is 5.82 Å². The van der Waals surface area contributed by atoms with Crippen molar-refractivity contribution < 1.29 is 9.13 Å². The van der Waals surface area contributed by atoms with Gasteiger partial charge in [-0.3, -0.25) is 0 Å². The van der Waals surface area contributed by atoms with Crippen LogP contribution >= 0.6 is 15.9 Å². The largest absolute Gasteiger partial charge is 0.492 e. The van der Waals surface area contributed by atoms with Crippen molar-refractivity contribution in [1.29, 1.82) is 0 Å². The van der Waals surface area contributed by atoms with E-state index in [9.17, 15) is 4.39 Å². The van der Waals surface area contributed by atoms with Gasteiger partial charge in [0.2, 0.25) is 0 Å². The molecular formula is C13H16BrFO. The van der Waals surface area contributed by atoms with Crippen LogP contribution in [0.15, 0.2) is 35.3 Å². The zero-order valence-electron chi connectivity index (χ0n) is 9.22. The van der Waals surface area contributed by atoms with Crippen LogP contribution in [-0.2, 0) is 0 Å². The summed E-state index contributed by atoms with van der Waals surface area (Å²) in [5.41, 5.74) is 0. The minimum atomic E-state index is -0.259. The van der Waals surface area contributed by atoms with E-state index < -0.39 is 0 Å². The standard InChI is InChI=1S/C13H16BrFO/c1-2-3-4-5-6-9-16-13-8-7-11(15)10-12(13)14/h2,7-8,10H,1,3-6,9H2. The second-order valence-corrected chi connectivity index (χ2v) is 4.42. The fourth-order valence-corrected chi connectivity index (χ4v) is 1.81. The Bertz CT molecular complexity index is 339. The summed E-state index contributed by atoms with van der Waals surface area (Å²) in [6, 6.07) is 4.45. The lowest BCUT2D eigenvalue weighted by molar-refractivity contribution is 0.303. The van der Waals surface area contributed by atoms with Gasteiger partial charge in [0.15, 0.2) is 0 Å². The van der Waals surface area contributed by atoms with E-state index in [1.165, 1.54) is 12.1 Å². The molecule has 0 aromatic heterocycles. The first-order chi connectivity index (χ1) is 7.74. The van der Waals surface area contributed by atoms with Crippen molar-refractivity contribution >= 4 is 15.9 Å². The van der Waals surface area contributed by atoms with Crippen molar-refractivity contribution in [2.24, 2.45) is 0 Å². The normalized spacial score (nSPS) is 10.1. The van der Waals surface area contributed by atoms with Crippen molar-refractivity contribution in [3.63, 3.8) is 0 Å². The molecule has 88 valence electrons. The lowest BCUT2D eigenvalue weighted by atomic mass is 10.2. The maximum absolute atomic E-state index is 12.8. The summed E-state index contributed by atoms with van der Waals surface area (Å²) in [7, 11) is 0. The van der Waals surface area contributed by atoms with E-state index in [0.29, 0.717) is 16.8 Å². The molecular weight excluding hydrogens is 271 g/mol. The fraction of sp³-hybridized carbons (Fsp3) is 0.385. The SMILES string of the molecule is C=CCCCCCOc1ccc(F)cc1Br. The van der Waals surface area contributed by atoms with E-state index >= 15 is 0 Å². The molecule has 0 fully saturated rings. The van der Waals surface area contributed by atoms with Gasteiger partial charge in [0.1, 0.15) is 11.6 Å². The van der Waals surface area contributed by atoms with Crippen LogP contribution in [0.3, 0.4) is 0 Å². The number of halogens is 2. The van der Waals surface area contributed by atoms with Gasteiger partial charge in [0.25, 0.3) is 0 Å². The molecule has 0 saturated heterocycles. The smallest absolute Gasteiger partial charge is 0.133 e. The number of unbranched alkanes of at least 4 members (excludes halogenated alkanes) is 3. The molecule has 1 aromatic carbocycles. The summed E-state index contributed by atoms with van der Waals surface area (Å²) >= 11 is 3.26. The number of ether oxygens (including phenoxy) is 1. The van der Waals surface area contributed by atoms with Gasteiger partial charge < -0.3 is 4.74 Å². The molecule has 1 aromatic rings. The Hall–Kier alpha value is -0.830. The third-order valence-corrected chi connectivity index (χ3v) is 2.82. The molecule has 0 spiro atoms. The Balaban J connectivity index is 2.24. The fourth-order valence-electron chi connectivity index (χ4n) is 1.34. The Morgan fingerprint density at radius 2 is 2.12 bits per heavy atom. The molecule has 0 saturated carbocycles. The van der Waals surface area contributed by atoms with Gasteiger partial charge in [0, 0.05) is 0 Å². The Kier molecular flexibility index (Phi) is 6.16. The highest BCUT2D eigenvalue weighted by Crippen LogP contribution is 2.25. The molecule has 1 rings (SSSR count). The van der Waals surface area contributed by atoms with Crippen LogP contribution in [0.5, 0.6) is 5.75 Å². The quantitative estimate of drug-likeness (QED) is 0.521. The van der Waals surface area contributed by atoms with E-state index in [-0.39, 0.29) is 5.82 Å². The highest BCUT2D eigenvalue weighted by atomic mass is 79.9. The summed E-state index contributed by atoms with van der Waals surface area (Å²) < 4.78 is 19.0. The molecule has 1 nitrogen and oxygen atoms in total. The first-order valence-electron chi connectivity index (χ1n) is 5.43. The van der Waals surface area contributed by atoms with Gasteiger partial charge in [0.05, 0.1) is 11.1 Å². The molecule has 0 aliphatic heterocycles. The second-order valence-electron chi connectivity index (χ2n) is 3.56. The first kappa shape index (κ1) is 13.2. The zero-order valence-corrected chi connectivity index (χ0v) is 10.8. The molecule has 3 heteroatoms. The van der Waals surface area contributed by atoms with E-state index in [4.69, 9.17) is 4.74 Å². The predicted molar refractivity (Wildman–Crippen MR) is 68.3 cm³/mol. The zero-order chi connectivity index (χ0) is 11.8. The van der Waals surface area contributed by atoms with Crippen molar-refractivity contribution in [2.45, 2.75) is 25.7 Å². The average Bonchev–Trinajstić information content (AvgIpc) is 2.26. The van der Waals surface area contributed by atoms with Gasteiger partial charge in [-0.15, -0.1) is 6.58 Å². The number of hydrogen-bond donors (Lipinski definition) is 0. The minimum Gasteiger partial charge on any atom is -0.492 e. The van der Waals surface area contributed by atoms with E-state index in [2.05, 4.69) is 22.5 Å². The van der Waals surface area contributed by atoms with Gasteiger partial charge in [-0.1, -0.05) is 6.08 Å². The van der Waals surface area contributed by atoms with E-state index in [1.54, 1.807) is 6.07 Å². The summed E-state index contributed by atoms with van der Waals surface area (Å²) in [4.78, 5) is 0. The molecule has 0 aliphatic carbocycles. The molecule has 0 atom stereocenters. The summed E-state index contributed by atoms with van der Waals surface area (Å²) in [6.07, 6.45) is 6.28. The maximum atomic E-state index is 12.8. The van der Waals surface area contributed by atoms with Crippen LogP contribution < -0.4 is 4.74 Å². The third-order valence-electron chi connectivity index (χ3n) is 2.20. The van der Waals surface area contributed by atoms with Crippen LogP contribution in [0.2, 0.25) is 0 Å². The minimum absolute atomic E-state index is 0.259. The molecule has 0 N–H and O–H groups in total. The topological polar surface area (TPSA) is 9.23 Å². The highest BCUT2D eigenvalue weighted by Gasteiger charge is 2.01. The third kappa shape index (κ3) is 4.79. The molecule has 0 bridgehead atoms. The lowest BCUT2D eigenvalue weighted by Crippen LogP contribution is -1.98. The second kappa shape index (κ2) is 7.44. The molecule has 0 amide bonds. The average molecular weight is 287 g/mol. The maximum Gasteiger partial charge on any atom is 0.133 e. The molecule has 0 unspecified atom stereocenters. The van der Waals surface area contributed by atoms with Crippen LogP contribution in [0.4, 0.5) is 4.39 Å². The molecule has 0 aliphatic rings. The monoisotopic (exact) mass is 286 g/mol. The number of hydrogen-bond acceptors (Lipinski definition) is 1. The molecule has 0 heterocycles. The first-order valence-corrected chi connectivity index (χ1v) is 6.22. The van der Waals surface area contributed by atoms with E-state index in [0.717, 1.165) is 25.7 Å². The lowest BCUT2D eigenvalue weighted by Gasteiger charge is -2.07. The van der Waals surface area contributed by atoms with Crippen LogP contribution in [0.25, 0.3) is 0 Å². The molecule has 0 radical (unpaired) electrons. The van der Waals surface area contributed by atoms with Crippen molar-refractivity contribution in [1.82, 2.24) is 0 Å². The van der Waals surface area contributed by atoms with Crippen LogP contribution in [-0.4, -0.2) is 6.61 Å². The summed E-state index contributed by atoms with van der Waals surface area (Å²) in [6.45, 7) is 4.34. The van der Waals surface area contributed by atoms with Crippen LogP contribution in [0.1, 0.15) is 25.7 Å². The summed E-state index contributed by atoms with van der Waals surface area (Å²) in [5.74, 6) is 0.440. The van der Waals surface area contributed by atoms with Crippen molar-refractivity contribution in [2.75, 3.05) is 6.61 Å². The van der Waals surface area contributed by atoms with Crippen molar-refractivity contribution in [3.8, 4) is 5.75 Å². The highest BCUT2D eigenvalue weighted by molar-refractivity contribution is 9.10. The Labute approximate surface area is 104 Å². The Morgan fingerprint density at radius 1 is 1.31 bits per heavy atom. The van der Waals surface area contributed by atoms with Gasteiger partial charge in [-0.25, -0.2) is 4.39 Å². The number of allylic oxidation sites excluding steroid dienone is 1. The summed E-state index contributed by atoms with van der Waals surface area (Å²) in [5, 5.41) is 0. The van der Waals surface area contributed by atoms with E-state index in [1.807, 2.05) is 6.08 Å².